The molecule has 6 nitrogen and oxygen atoms in total. The molecule has 0 bridgehead atoms. The summed E-state index contributed by atoms with van der Waals surface area (Å²) in [6, 6.07) is 0. The Morgan fingerprint density at radius 1 is 1.29 bits per heavy atom. The highest BCUT2D eigenvalue weighted by atomic mass is 127. The van der Waals surface area contributed by atoms with Crippen molar-refractivity contribution in [3.8, 4) is 0 Å². The van der Waals surface area contributed by atoms with Crippen LogP contribution in [0.3, 0.4) is 0 Å². The first-order valence-electron chi connectivity index (χ1n) is 9.12. The minimum absolute atomic E-state index is 0. The lowest BCUT2D eigenvalue weighted by Crippen LogP contribution is -2.43. The molecule has 0 radical (unpaired) electrons. The summed E-state index contributed by atoms with van der Waals surface area (Å²) in [5.41, 5.74) is -0.560. The zero-order valence-electron chi connectivity index (χ0n) is 14.9. The van der Waals surface area contributed by atoms with Gasteiger partial charge >= 0.3 is 0 Å². The number of halogens is 1. The highest BCUT2D eigenvalue weighted by Crippen LogP contribution is 2.31. The maximum absolute atomic E-state index is 10.1. The quantitative estimate of drug-likeness (QED) is 0.214. The van der Waals surface area contributed by atoms with Gasteiger partial charge in [-0.2, -0.15) is 0 Å². The Hall–Kier alpha value is -0.120. The summed E-state index contributed by atoms with van der Waals surface area (Å²) in [6.07, 6.45) is 6.06. The molecule has 1 heterocycles. The van der Waals surface area contributed by atoms with Crippen LogP contribution in [0.4, 0.5) is 0 Å². The topological polar surface area (TPSA) is 75.1 Å². The Morgan fingerprint density at radius 2 is 2.04 bits per heavy atom. The normalized spacial score (nSPS) is 20.8. The summed E-state index contributed by atoms with van der Waals surface area (Å²) in [7, 11) is 0. The summed E-state index contributed by atoms with van der Waals surface area (Å²) in [4.78, 5) is 4.49. The predicted octanol–water partition coefficient (Wildman–Crippen LogP) is 1.91. The number of aliphatic hydroxyl groups is 1. The standard InChI is InChI=1S/C17H33N3O3.HI/c1-2-18-16(20-14-17(21)7-3-8-17)19-9-4-10-23-13-15-5-11-22-12-6-15;/h15,21H,2-14H2,1H3,(H2,18,19,20);1H. The molecule has 1 saturated carbocycles. The molecule has 142 valence electrons. The van der Waals surface area contributed by atoms with Crippen LogP contribution in [0.5, 0.6) is 0 Å². The van der Waals surface area contributed by atoms with E-state index in [9.17, 15) is 5.11 Å². The third-order valence-corrected chi connectivity index (χ3v) is 4.61. The van der Waals surface area contributed by atoms with E-state index in [1.807, 2.05) is 6.92 Å². The van der Waals surface area contributed by atoms with Crippen LogP contribution in [-0.2, 0) is 9.47 Å². The van der Waals surface area contributed by atoms with Crippen molar-refractivity contribution < 1.29 is 14.6 Å². The van der Waals surface area contributed by atoms with Gasteiger partial charge in [0.2, 0.25) is 0 Å². The van der Waals surface area contributed by atoms with Gasteiger partial charge in [0.1, 0.15) is 0 Å². The van der Waals surface area contributed by atoms with Gasteiger partial charge < -0.3 is 25.2 Å². The van der Waals surface area contributed by atoms with Gasteiger partial charge in [-0.3, -0.25) is 4.99 Å². The Bertz CT molecular complexity index is 359. The van der Waals surface area contributed by atoms with E-state index >= 15 is 0 Å². The third kappa shape index (κ3) is 8.31. The SMILES string of the molecule is CCNC(=NCC1(O)CCC1)NCCCOCC1CCOCC1.I. The monoisotopic (exact) mass is 455 g/mol. The second-order valence-corrected chi connectivity index (χ2v) is 6.68. The van der Waals surface area contributed by atoms with Gasteiger partial charge in [-0.1, -0.05) is 0 Å². The highest BCUT2D eigenvalue weighted by Gasteiger charge is 2.34. The van der Waals surface area contributed by atoms with Gasteiger partial charge in [0, 0.05) is 39.5 Å². The Balaban J connectivity index is 0.00000288. The Kier molecular flexibility index (Phi) is 11.2. The zero-order chi connectivity index (χ0) is 16.4. The first-order chi connectivity index (χ1) is 11.2. The van der Waals surface area contributed by atoms with E-state index in [1.165, 1.54) is 0 Å². The molecule has 0 aromatic rings. The summed E-state index contributed by atoms with van der Waals surface area (Å²) in [5, 5.41) is 16.6. The number of hydrogen-bond acceptors (Lipinski definition) is 4. The number of guanidine groups is 1. The number of nitrogens with one attached hydrogen (secondary N) is 2. The average Bonchev–Trinajstić information content (AvgIpc) is 2.55. The zero-order valence-corrected chi connectivity index (χ0v) is 17.2. The van der Waals surface area contributed by atoms with Crippen molar-refractivity contribution in [3.05, 3.63) is 0 Å². The van der Waals surface area contributed by atoms with Gasteiger partial charge in [-0.15, -0.1) is 24.0 Å². The first kappa shape index (κ1) is 21.9. The largest absolute Gasteiger partial charge is 0.388 e. The van der Waals surface area contributed by atoms with Crippen molar-refractivity contribution in [1.82, 2.24) is 10.6 Å². The Labute approximate surface area is 163 Å². The number of rotatable bonds is 9. The lowest BCUT2D eigenvalue weighted by atomic mass is 9.80. The summed E-state index contributed by atoms with van der Waals surface area (Å²) in [6.45, 7) is 7.57. The molecule has 0 atom stereocenters. The third-order valence-electron chi connectivity index (χ3n) is 4.61. The second-order valence-electron chi connectivity index (χ2n) is 6.68. The fourth-order valence-electron chi connectivity index (χ4n) is 2.86. The molecule has 1 aliphatic carbocycles. The summed E-state index contributed by atoms with van der Waals surface area (Å²) < 4.78 is 11.1. The van der Waals surface area contributed by atoms with E-state index < -0.39 is 5.60 Å². The fraction of sp³-hybridized carbons (Fsp3) is 0.941. The first-order valence-corrected chi connectivity index (χ1v) is 9.12. The van der Waals surface area contributed by atoms with E-state index in [-0.39, 0.29) is 24.0 Å². The van der Waals surface area contributed by atoms with E-state index in [0.717, 1.165) is 84.0 Å². The minimum atomic E-state index is -0.560. The smallest absolute Gasteiger partial charge is 0.191 e. The lowest BCUT2D eigenvalue weighted by molar-refractivity contribution is -0.0236. The molecule has 1 saturated heterocycles. The van der Waals surface area contributed by atoms with Crippen LogP contribution in [-0.4, -0.2) is 62.7 Å². The van der Waals surface area contributed by atoms with E-state index in [1.54, 1.807) is 0 Å². The molecule has 2 aliphatic rings. The van der Waals surface area contributed by atoms with Crippen LogP contribution in [0.25, 0.3) is 0 Å². The molecule has 3 N–H and O–H groups in total. The van der Waals surface area contributed by atoms with Crippen molar-refractivity contribution in [1.29, 1.82) is 0 Å². The molecule has 1 aliphatic heterocycles. The lowest BCUT2D eigenvalue weighted by Gasteiger charge is -2.35. The van der Waals surface area contributed by atoms with Crippen molar-refractivity contribution in [3.63, 3.8) is 0 Å². The van der Waals surface area contributed by atoms with Crippen LogP contribution in [0.1, 0.15) is 45.4 Å². The van der Waals surface area contributed by atoms with Crippen LogP contribution < -0.4 is 10.6 Å². The molecule has 0 amide bonds. The molecule has 0 aromatic carbocycles. The van der Waals surface area contributed by atoms with Crippen molar-refractivity contribution in [2.24, 2.45) is 10.9 Å². The molecule has 24 heavy (non-hydrogen) atoms. The van der Waals surface area contributed by atoms with Gasteiger partial charge in [0.25, 0.3) is 0 Å². The molecule has 0 aromatic heterocycles. The van der Waals surface area contributed by atoms with Gasteiger partial charge in [-0.05, 0) is 51.4 Å². The van der Waals surface area contributed by atoms with Crippen LogP contribution >= 0.6 is 24.0 Å². The van der Waals surface area contributed by atoms with Gasteiger partial charge in [0.05, 0.1) is 12.1 Å². The van der Waals surface area contributed by atoms with Crippen LogP contribution in [0.2, 0.25) is 0 Å². The summed E-state index contributed by atoms with van der Waals surface area (Å²) >= 11 is 0. The van der Waals surface area contributed by atoms with E-state index in [2.05, 4.69) is 15.6 Å². The minimum Gasteiger partial charge on any atom is -0.388 e. The number of aliphatic imine (C=N–C) groups is 1. The van der Waals surface area contributed by atoms with E-state index in [4.69, 9.17) is 9.47 Å². The predicted molar refractivity (Wildman–Crippen MR) is 107 cm³/mol. The fourth-order valence-corrected chi connectivity index (χ4v) is 2.86. The molecular formula is C17H34IN3O3. The molecule has 0 spiro atoms. The second kappa shape index (κ2) is 12.3. The molecule has 7 heteroatoms. The highest BCUT2D eigenvalue weighted by molar-refractivity contribution is 14.0. The molecule has 2 rings (SSSR count). The van der Waals surface area contributed by atoms with Crippen molar-refractivity contribution in [2.75, 3.05) is 46.1 Å². The number of nitrogens with zero attached hydrogens (tertiary/aromatic N) is 1. The molecule has 0 unspecified atom stereocenters. The molecular weight excluding hydrogens is 421 g/mol. The Morgan fingerprint density at radius 3 is 2.67 bits per heavy atom. The number of ether oxygens (including phenoxy) is 2. The summed E-state index contributed by atoms with van der Waals surface area (Å²) in [5.74, 6) is 1.45. The average molecular weight is 455 g/mol. The van der Waals surface area contributed by atoms with Crippen molar-refractivity contribution >= 4 is 29.9 Å². The van der Waals surface area contributed by atoms with Crippen molar-refractivity contribution in [2.45, 2.75) is 51.0 Å². The molecule has 2 fully saturated rings. The van der Waals surface area contributed by atoms with Crippen LogP contribution in [0.15, 0.2) is 4.99 Å². The van der Waals surface area contributed by atoms with Gasteiger partial charge in [-0.25, -0.2) is 0 Å². The maximum atomic E-state index is 10.1. The van der Waals surface area contributed by atoms with Crippen LogP contribution in [0, 0.1) is 5.92 Å². The van der Waals surface area contributed by atoms with E-state index in [0.29, 0.717) is 12.5 Å². The number of hydrogen-bond donors (Lipinski definition) is 3. The maximum Gasteiger partial charge on any atom is 0.191 e. The van der Waals surface area contributed by atoms with Gasteiger partial charge in [0.15, 0.2) is 5.96 Å².